The van der Waals surface area contributed by atoms with Crippen molar-refractivity contribution in [3.8, 4) is 56.4 Å². The second-order valence-corrected chi connectivity index (χ2v) is 13.1. The Balaban J connectivity index is 1.35. The fraction of sp³-hybridized carbons (Fsp3) is 0. The Bertz CT molecular complexity index is 2950. The van der Waals surface area contributed by atoms with E-state index in [1.54, 1.807) is 0 Å². The molecule has 0 atom stereocenters. The first-order chi connectivity index (χ1) is 25.8. The van der Waals surface area contributed by atoms with E-state index in [1.807, 2.05) is 24.3 Å². The summed E-state index contributed by atoms with van der Waals surface area (Å²) in [4.78, 5) is 15.9. The molecule has 3 heteroatoms. The predicted molar refractivity (Wildman–Crippen MR) is 217 cm³/mol. The van der Waals surface area contributed by atoms with Crippen LogP contribution in [0.1, 0.15) is 0 Å². The van der Waals surface area contributed by atoms with E-state index in [0.717, 1.165) is 44.0 Å². The fourth-order valence-corrected chi connectivity index (χ4v) is 7.78. The van der Waals surface area contributed by atoms with Crippen LogP contribution in [-0.4, -0.2) is 15.0 Å². The van der Waals surface area contributed by atoms with Crippen LogP contribution in [0, 0.1) is 0 Å². The van der Waals surface area contributed by atoms with Crippen molar-refractivity contribution in [3.63, 3.8) is 0 Å². The van der Waals surface area contributed by atoms with Crippen molar-refractivity contribution < 1.29 is 0 Å². The molecule has 10 aromatic rings. The summed E-state index contributed by atoms with van der Waals surface area (Å²) in [5.41, 5.74) is 7.51. The highest BCUT2D eigenvalue weighted by Crippen LogP contribution is 2.47. The van der Waals surface area contributed by atoms with Gasteiger partial charge in [-0.2, -0.15) is 0 Å². The van der Waals surface area contributed by atoms with Gasteiger partial charge in [-0.05, 0) is 65.3 Å². The highest BCUT2D eigenvalue weighted by atomic mass is 15.0. The molecule has 1 heterocycles. The first-order valence-corrected chi connectivity index (χ1v) is 17.6. The van der Waals surface area contributed by atoms with Gasteiger partial charge in [-0.1, -0.05) is 188 Å². The van der Waals surface area contributed by atoms with Gasteiger partial charge in [0, 0.05) is 16.7 Å². The molecule has 0 saturated carbocycles. The fourth-order valence-electron chi connectivity index (χ4n) is 7.78. The number of nitrogens with zero attached hydrogens (tertiary/aromatic N) is 3. The number of hydrogen-bond donors (Lipinski definition) is 0. The Labute approximate surface area is 301 Å². The average Bonchev–Trinajstić information content (AvgIpc) is 3.23. The van der Waals surface area contributed by atoms with Crippen LogP contribution in [0.2, 0.25) is 0 Å². The summed E-state index contributed by atoms with van der Waals surface area (Å²) in [6.07, 6.45) is 0. The number of fused-ring (bicyclic) bond motifs is 5. The summed E-state index contributed by atoms with van der Waals surface area (Å²) in [7, 11) is 0. The van der Waals surface area contributed by atoms with Gasteiger partial charge >= 0.3 is 0 Å². The van der Waals surface area contributed by atoms with Crippen LogP contribution < -0.4 is 0 Å². The zero-order chi connectivity index (χ0) is 34.4. The second kappa shape index (κ2) is 12.4. The molecule has 242 valence electrons. The van der Waals surface area contributed by atoms with Gasteiger partial charge < -0.3 is 0 Å². The third-order valence-electron chi connectivity index (χ3n) is 10.1. The topological polar surface area (TPSA) is 38.7 Å². The lowest BCUT2D eigenvalue weighted by molar-refractivity contribution is 1.08. The number of aromatic nitrogens is 3. The lowest BCUT2D eigenvalue weighted by Gasteiger charge is -2.20. The van der Waals surface area contributed by atoms with Crippen molar-refractivity contribution in [3.05, 3.63) is 188 Å². The van der Waals surface area contributed by atoms with Gasteiger partial charge in [0.15, 0.2) is 17.5 Å². The summed E-state index contributed by atoms with van der Waals surface area (Å²) in [5.74, 6) is 1.92. The van der Waals surface area contributed by atoms with Gasteiger partial charge in [0.05, 0.1) is 0 Å². The maximum absolute atomic E-state index is 5.40. The van der Waals surface area contributed by atoms with Crippen LogP contribution in [0.25, 0.3) is 99.5 Å². The third-order valence-corrected chi connectivity index (χ3v) is 10.1. The summed E-state index contributed by atoms with van der Waals surface area (Å²) < 4.78 is 0. The third kappa shape index (κ3) is 4.94. The molecule has 0 bridgehead atoms. The van der Waals surface area contributed by atoms with Crippen LogP contribution in [0.15, 0.2) is 188 Å². The van der Waals surface area contributed by atoms with Gasteiger partial charge in [-0.15, -0.1) is 0 Å². The van der Waals surface area contributed by atoms with Crippen molar-refractivity contribution >= 4 is 43.1 Å². The molecule has 1 aromatic heterocycles. The van der Waals surface area contributed by atoms with Crippen molar-refractivity contribution in [1.29, 1.82) is 0 Å². The molecule has 52 heavy (non-hydrogen) atoms. The van der Waals surface area contributed by atoms with E-state index in [0.29, 0.717) is 17.5 Å². The summed E-state index contributed by atoms with van der Waals surface area (Å²) in [5, 5.41) is 9.38. The molecule has 9 aromatic carbocycles. The Morgan fingerprint density at radius 2 is 0.750 bits per heavy atom. The molecule has 0 unspecified atom stereocenters. The molecule has 0 fully saturated rings. The summed E-state index contributed by atoms with van der Waals surface area (Å²) >= 11 is 0. The van der Waals surface area contributed by atoms with Crippen LogP contribution in [-0.2, 0) is 0 Å². The van der Waals surface area contributed by atoms with Gasteiger partial charge in [0.25, 0.3) is 0 Å². The van der Waals surface area contributed by atoms with Gasteiger partial charge in [-0.25, -0.2) is 15.0 Å². The SMILES string of the molecule is c1ccc(-c2nc(-c3ccccc3-c3ccccc3)nc(-c3c4ccccc4c(-c4cccc5ccccc45)c4c3ccc3ccccc34)n2)cc1. The minimum atomic E-state index is 0.638. The Hall–Kier alpha value is -6.97. The number of benzene rings is 9. The zero-order valence-corrected chi connectivity index (χ0v) is 28.2. The highest BCUT2D eigenvalue weighted by molar-refractivity contribution is 6.29. The Kier molecular flexibility index (Phi) is 7.14. The molecule has 3 nitrogen and oxygen atoms in total. The first kappa shape index (κ1) is 29.9. The van der Waals surface area contributed by atoms with E-state index in [9.17, 15) is 0 Å². The minimum absolute atomic E-state index is 0.638. The normalized spacial score (nSPS) is 11.5. The molecular weight excluding hydrogens is 631 g/mol. The molecular formula is C49H31N3. The molecule has 0 radical (unpaired) electrons. The lowest BCUT2D eigenvalue weighted by Crippen LogP contribution is -2.02. The maximum atomic E-state index is 5.40. The molecule has 10 rings (SSSR count). The molecule has 0 saturated heterocycles. The van der Waals surface area contributed by atoms with Crippen LogP contribution >= 0.6 is 0 Å². The van der Waals surface area contributed by atoms with Crippen molar-refractivity contribution in [2.24, 2.45) is 0 Å². The van der Waals surface area contributed by atoms with Crippen molar-refractivity contribution in [2.45, 2.75) is 0 Å². The smallest absolute Gasteiger partial charge is 0.165 e. The van der Waals surface area contributed by atoms with E-state index in [-0.39, 0.29) is 0 Å². The number of hydrogen-bond acceptors (Lipinski definition) is 3. The Morgan fingerprint density at radius 1 is 0.250 bits per heavy atom. The molecule has 0 N–H and O–H groups in total. The molecule has 0 aliphatic carbocycles. The van der Waals surface area contributed by atoms with Gasteiger partial charge in [0.1, 0.15) is 0 Å². The molecule has 0 aliphatic heterocycles. The zero-order valence-electron chi connectivity index (χ0n) is 28.2. The maximum Gasteiger partial charge on any atom is 0.165 e. The highest BCUT2D eigenvalue weighted by Gasteiger charge is 2.23. The summed E-state index contributed by atoms with van der Waals surface area (Å²) in [6, 6.07) is 66.3. The first-order valence-electron chi connectivity index (χ1n) is 17.6. The molecule has 0 aliphatic rings. The van der Waals surface area contributed by atoms with Gasteiger partial charge in [-0.3, -0.25) is 0 Å². The number of rotatable bonds is 5. The van der Waals surface area contributed by atoms with Crippen LogP contribution in [0.3, 0.4) is 0 Å². The Morgan fingerprint density at radius 3 is 1.50 bits per heavy atom. The van der Waals surface area contributed by atoms with Crippen molar-refractivity contribution in [1.82, 2.24) is 15.0 Å². The van der Waals surface area contributed by atoms with E-state index in [4.69, 9.17) is 15.0 Å². The standard InChI is InChI=1S/C49H31N3/c1-3-16-32(17-4-1)37-24-11-14-28-42(37)48-50-47(35-20-5-2-6-21-35)51-49(52-48)46-41-27-13-12-26-40(41)45(39-29-15-22-33-18-7-9-23-36(33)39)44-38-25-10-8-19-34(38)30-31-43(44)46/h1-31H. The van der Waals surface area contributed by atoms with E-state index in [2.05, 4.69) is 164 Å². The average molecular weight is 662 g/mol. The van der Waals surface area contributed by atoms with E-state index in [1.165, 1.54) is 38.1 Å². The largest absolute Gasteiger partial charge is 0.208 e. The van der Waals surface area contributed by atoms with E-state index < -0.39 is 0 Å². The predicted octanol–water partition coefficient (Wildman–Crippen LogP) is 12.8. The molecule has 0 spiro atoms. The van der Waals surface area contributed by atoms with Crippen molar-refractivity contribution in [2.75, 3.05) is 0 Å². The van der Waals surface area contributed by atoms with E-state index >= 15 is 0 Å². The summed E-state index contributed by atoms with van der Waals surface area (Å²) in [6.45, 7) is 0. The van der Waals surface area contributed by atoms with Gasteiger partial charge in [0.2, 0.25) is 0 Å². The van der Waals surface area contributed by atoms with Crippen LogP contribution in [0.5, 0.6) is 0 Å². The monoisotopic (exact) mass is 661 g/mol. The van der Waals surface area contributed by atoms with Crippen LogP contribution in [0.4, 0.5) is 0 Å². The lowest BCUT2D eigenvalue weighted by atomic mass is 9.84. The minimum Gasteiger partial charge on any atom is -0.208 e. The second-order valence-electron chi connectivity index (χ2n) is 13.1. The molecule has 0 amide bonds. The quantitative estimate of drug-likeness (QED) is 0.136.